The molecule has 158 valence electrons. The minimum Gasteiger partial charge on any atom is -0.485 e. The first-order valence-corrected chi connectivity index (χ1v) is 9.16. The third-order valence-electron chi connectivity index (χ3n) is 4.33. The molecule has 0 unspecified atom stereocenters. The van der Waals surface area contributed by atoms with Crippen LogP contribution in [0.3, 0.4) is 0 Å². The van der Waals surface area contributed by atoms with E-state index in [2.05, 4.69) is 15.9 Å². The fourth-order valence-corrected chi connectivity index (χ4v) is 3.37. The summed E-state index contributed by atoms with van der Waals surface area (Å²) in [7, 11) is 0. The highest BCUT2D eigenvalue weighted by Crippen LogP contribution is 2.33. The molecule has 0 N–H and O–H groups in total. The average Bonchev–Trinajstić information content (AvgIpc) is 3.05. The maximum absolute atomic E-state index is 12.6. The van der Waals surface area contributed by atoms with E-state index in [9.17, 15) is 31.1 Å². The van der Waals surface area contributed by atoms with Crippen LogP contribution in [0.15, 0.2) is 39.2 Å². The van der Waals surface area contributed by atoms with Crippen LogP contribution in [-0.2, 0) is 24.0 Å². The second-order valence-corrected chi connectivity index (χ2v) is 7.50. The molecule has 3 rings (SSSR count). The number of likely N-dealkylation sites (tertiary alicyclic amines) is 1. The van der Waals surface area contributed by atoms with Crippen LogP contribution in [0.2, 0.25) is 0 Å². The van der Waals surface area contributed by atoms with Crippen LogP contribution in [0, 0.1) is 5.92 Å². The van der Waals surface area contributed by atoms with Gasteiger partial charge in [-0.15, -0.1) is 0 Å². The summed E-state index contributed by atoms with van der Waals surface area (Å²) >= 11 is 3.30. The smallest absolute Gasteiger partial charge is 0.471 e. The van der Waals surface area contributed by atoms with Crippen molar-refractivity contribution in [3.05, 3.63) is 51.9 Å². The monoisotopic (exact) mass is 485 g/mol. The van der Waals surface area contributed by atoms with Crippen molar-refractivity contribution >= 4 is 21.8 Å². The Morgan fingerprint density at radius 3 is 2.41 bits per heavy atom. The van der Waals surface area contributed by atoms with Gasteiger partial charge in [-0.1, -0.05) is 15.9 Å². The standard InChI is InChI=1S/C18H14BrF6NO3/c19-12-1-3-14(28-9-13-2-4-15(29-13)17(20,21)22)11(6-12)5-10-7-26(8-10)16(27)18(23,24)25/h1-4,6,10H,5,7-9H2. The van der Waals surface area contributed by atoms with Crippen LogP contribution >= 0.6 is 15.9 Å². The van der Waals surface area contributed by atoms with Gasteiger partial charge in [0.15, 0.2) is 0 Å². The number of alkyl halides is 6. The van der Waals surface area contributed by atoms with Crippen LogP contribution in [-0.4, -0.2) is 30.1 Å². The van der Waals surface area contributed by atoms with Gasteiger partial charge >= 0.3 is 18.3 Å². The largest absolute Gasteiger partial charge is 0.485 e. The summed E-state index contributed by atoms with van der Waals surface area (Å²) in [5.74, 6) is -2.82. The highest BCUT2D eigenvalue weighted by Gasteiger charge is 2.46. The summed E-state index contributed by atoms with van der Waals surface area (Å²) in [6.45, 7) is -0.303. The zero-order valence-corrected chi connectivity index (χ0v) is 16.2. The molecule has 29 heavy (non-hydrogen) atoms. The fraction of sp³-hybridized carbons (Fsp3) is 0.389. The van der Waals surface area contributed by atoms with E-state index in [1.165, 1.54) is 0 Å². The molecule has 0 aliphatic carbocycles. The maximum Gasteiger partial charge on any atom is 0.471 e. The normalized spacial score (nSPS) is 15.3. The second-order valence-electron chi connectivity index (χ2n) is 6.58. The van der Waals surface area contributed by atoms with Gasteiger partial charge in [-0.25, -0.2) is 0 Å². The fourth-order valence-electron chi connectivity index (χ4n) is 2.96. The first-order valence-electron chi connectivity index (χ1n) is 8.36. The zero-order valence-electron chi connectivity index (χ0n) is 14.6. The van der Waals surface area contributed by atoms with Crippen molar-refractivity contribution in [2.75, 3.05) is 13.1 Å². The minimum absolute atomic E-state index is 0.0169. The van der Waals surface area contributed by atoms with Crippen molar-refractivity contribution in [2.45, 2.75) is 25.4 Å². The number of amides is 1. The molecule has 1 aromatic heterocycles. The Bertz CT molecular complexity index is 886. The number of carbonyl (C=O) groups is 1. The number of nitrogens with zero attached hydrogens (tertiary/aromatic N) is 1. The molecule has 0 atom stereocenters. The molecule has 1 amide bonds. The number of ether oxygens (including phenoxy) is 1. The predicted octanol–water partition coefficient (Wildman–Crippen LogP) is 5.20. The molecule has 4 nitrogen and oxygen atoms in total. The summed E-state index contributed by atoms with van der Waals surface area (Å²) in [4.78, 5) is 11.9. The zero-order chi connectivity index (χ0) is 21.4. The third-order valence-corrected chi connectivity index (χ3v) is 4.82. The Kier molecular flexibility index (Phi) is 5.88. The van der Waals surface area contributed by atoms with E-state index in [0.717, 1.165) is 17.0 Å². The van der Waals surface area contributed by atoms with Gasteiger partial charge in [0.05, 0.1) is 0 Å². The van der Waals surface area contributed by atoms with E-state index < -0.39 is 24.0 Å². The molecule has 1 aliphatic rings. The SMILES string of the molecule is O=C(N1CC(Cc2cc(Br)ccc2OCc2ccc(C(F)(F)F)o2)C1)C(F)(F)F. The summed E-state index contributed by atoms with van der Waals surface area (Å²) in [6.07, 6.45) is -9.14. The molecule has 2 heterocycles. The maximum atomic E-state index is 12.6. The number of benzene rings is 1. The molecule has 2 aromatic rings. The summed E-state index contributed by atoms with van der Waals surface area (Å²) in [5.41, 5.74) is 0.658. The number of hydrogen-bond acceptors (Lipinski definition) is 3. The summed E-state index contributed by atoms with van der Waals surface area (Å²) < 4.78 is 86.0. The molecule has 1 aromatic carbocycles. The molecular formula is C18H14BrF6NO3. The second kappa shape index (κ2) is 7.92. The third kappa shape index (κ3) is 5.26. The molecular weight excluding hydrogens is 472 g/mol. The van der Waals surface area contributed by atoms with Crippen molar-refractivity contribution in [1.29, 1.82) is 0 Å². The van der Waals surface area contributed by atoms with Gasteiger partial charge in [-0.3, -0.25) is 4.79 Å². The van der Waals surface area contributed by atoms with Crippen LogP contribution in [0.25, 0.3) is 0 Å². The van der Waals surface area contributed by atoms with Crippen molar-refractivity contribution in [2.24, 2.45) is 5.92 Å². The van der Waals surface area contributed by atoms with E-state index >= 15 is 0 Å². The summed E-state index contributed by atoms with van der Waals surface area (Å²) in [6, 6.07) is 6.95. The lowest BCUT2D eigenvalue weighted by Crippen LogP contribution is -2.54. The molecule has 1 fully saturated rings. The highest BCUT2D eigenvalue weighted by molar-refractivity contribution is 9.10. The molecule has 1 aliphatic heterocycles. The Labute approximate surface area is 169 Å². The Hall–Kier alpha value is -2.17. The molecule has 11 heteroatoms. The van der Waals surface area contributed by atoms with Crippen molar-refractivity contribution in [3.8, 4) is 5.75 Å². The van der Waals surface area contributed by atoms with Gasteiger partial charge < -0.3 is 14.1 Å². The molecule has 1 saturated heterocycles. The van der Waals surface area contributed by atoms with Crippen molar-refractivity contribution < 1.29 is 40.3 Å². The molecule has 0 spiro atoms. The van der Waals surface area contributed by atoms with Crippen LogP contribution in [0.4, 0.5) is 26.3 Å². The van der Waals surface area contributed by atoms with Crippen LogP contribution in [0.1, 0.15) is 17.1 Å². The number of hydrogen-bond donors (Lipinski definition) is 0. The van der Waals surface area contributed by atoms with E-state index in [4.69, 9.17) is 9.15 Å². The van der Waals surface area contributed by atoms with Gasteiger partial charge in [0.1, 0.15) is 18.1 Å². The van der Waals surface area contributed by atoms with Crippen molar-refractivity contribution in [1.82, 2.24) is 4.90 Å². The number of furan rings is 1. The Balaban J connectivity index is 1.62. The van der Waals surface area contributed by atoms with Gasteiger partial charge in [0, 0.05) is 17.6 Å². The summed E-state index contributed by atoms with van der Waals surface area (Å²) in [5, 5.41) is 0. The molecule has 0 bridgehead atoms. The van der Waals surface area contributed by atoms with E-state index in [1.807, 2.05) is 0 Å². The van der Waals surface area contributed by atoms with E-state index in [0.29, 0.717) is 22.2 Å². The first kappa shape index (κ1) is 21.5. The Morgan fingerprint density at radius 1 is 1.14 bits per heavy atom. The number of halogens is 7. The molecule has 0 radical (unpaired) electrons. The number of rotatable bonds is 5. The average molecular weight is 486 g/mol. The van der Waals surface area contributed by atoms with Gasteiger partial charge in [-0.2, -0.15) is 26.3 Å². The van der Waals surface area contributed by atoms with Gasteiger partial charge in [0.25, 0.3) is 0 Å². The predicted molar refractivity (Wildman–Crippen MR) is 92.0 cm³/mol. The quantitative estimate of drug-likeness (QED) is 0.546. The van der Waals surface area contributed by atoms with Crippen LogP contribution in [0.5, 0.6) is 5.75 Å². The lowest BCUT2D eigenvalue weighted by atomic mass is 9.91. The van der Waals surface area contributed by atoms with Gasteiger partial charge in [0.2, 0.25) is 5.76 Å². The topological polar surface area (TPSA) is 42.7 Å². The van der Waals surface area contributed by atoms with Gasteiger partial charge in [-0.05, 0) is 48.2 Å². The Morgan fingerprint density at radius 2 is 1.83 bits per heavy atom. The van der Waals surface area contributed by atoms with Crippen LogP contribution < -0.4 is 4.74 Å². The first-order chi connectivity index (χ1) is 13.4. The minimum atomic E-state index is -4.90. The molecule has 0 saturated carbocycles. The van der Waals surface area contributed by atoms with E-state index in [-0.39, 0.29) is 31.4 Å². The lowest BCUT2D eigenvalue weighted by Gasteiger charge is -2.39. The number of carbonyl (C=O) groups excluding carboxylic acids is 1. The van der Waals surface area contributed by atoms with E-state index in [1.54, 1.807) is 18.2 Å². The van der Waals surface area contributed by atoms with Crippen molar-refractivity contribution in [3.63, 3.8) is 0 Å². The highest BCUT2D eigenvalue weighted by atomic mass is 79.9. The lowest BCUT2D eigenvalue weighted by molar-refractivity contribution is -0.191.